The maximum atomic E-state index is 11.4. The van der Waals surface area contributed by atoms with Gasteiger partial charge in [-0.05, 0) is 27.7 Å². The number of benzene rings is 1. The van der Waals surface area contributed by atoms with Gasteiger partial charge in [0.25, 0.3) is 0 Å². The van der Waals surface area contributed by atoms with E-state index >= 15 is 0 Å². The van der Waals surface area contributed by atoms with E-state index < -0.39 is 98.8 Å². The van der Waals surface area contributed by atoms with Crippen LogP contribution in [0, 0.1) is 111 Å². The van der Waals surface area contributed by atoms with Crippen molar-refractivity contribution in [1.29, 1.82) is 0 Å². The molecule has 1 rings (SSSR count). The molecule has 0 bridgehead atoms. The molecule has 0 aromatic heterocycles. The summed E-state index contributed by atoms with van der Waals surface area (Å²) in [4.78, 5) is 0. The Kier molecular flexibility index (Phi) is 45.2. The standard InChI is InChI=1S/C10H14O2.6C6H18NSi2.2Ce/c1-5-6(2)10(12)8(4)7(3)9(5)11;6*1-8(2,3)7-9(4,5)6;;/h11-12H,1-4H3;6*1-6H3;;/q;6*-1;2*+4/p-2. The Hall–Kier alpha value is 3.94. The summed E-state index contributed by atoms with van der Waals surface area (Å²) in [6.07, 6.45) is 0. The van der Waals surface area contributed by atoms with Crippen LogP contribution in [0.25, 0.3) is 27.9 Å². The van der Waals surface area contributed by atoms with Crippen molar-refractivity contribution < 1.29 is 93.7 Å². The van der Waals surface area contributed by atoms with E-state index in [4.69, 9.17) is 27.9 Å². The van der Waals surface area contributed by atoms with Crippen LogP contribution in [0.3, 0.4) is 0 Å². The van der Waals surface area contributed by atoms with Crippen molar-refractivity contribution in [1.82, 2.24) is 0 Å². The topological polar surface area (TPSA) is 131 Å². The second kappa shape index (κ2) is 34.7. The monoisotopic (exact) mass is 1400 g/mol. The first-order valence-corrected chi connectivity index (χ1v) is 66.0. The molecule has 0 fully saturated rings. The quantitative estimate of drug-likeness (QED) is 0.193. The second-order valence-electron chi connectivity index (χ2n) is 29.9. The molecular weight excluding hydrogens is 1290 g/mol. The van der Waals surface area contributed by atoms with E-state index in [9.17, 15) is 10.2 Å². The van der Waals surface area contributed by atoms with E-state index in [0.717, 1.165) is 0 Å². The van der Waals surface area contributed by atoms with Gasteiger partial charge in [-0.3, -0.25) is 0 Å². The van der Waals surface area contributed by atoms with Crippen LogP contribution in [0.2, 0.25) is 236 Å². The molecule has 1 aromatic rings. The van der Waals surface area contributed by atoms with Crippen LogP contribution >= 0.6 is 0 Å². The Morgan fingerprint density at radius 3 is 0.279 bits per heavy atom. The normalized spacial score (nSPS) is 12.9. The summed E-state index contributed by atoms with van der Waals surface area (Å²) in [7, 11) is -13.3. The van der Waals surface area contributed by atoms with Crippen molar-refractivity contribution in [2.24, 2.45) is 0 Å². The van der Waals surface area contributed by atoms with Gasteiger partial charge in [0.05, 0.1) is 0 Å². The Bertz CT molecular complexity index is 1100. The largest absolute Gasteiger partial charge is 4.00 e. The van der Waals surface area contributed by atoms with Gasteiger partial charge in [0.2, 0.25) is 0 Å². The van der Waals surface area contributed by atoms with Gasteiger partial charge in [-0.15, -0.1) is 11.5 Å². The Morgan fingerprint density at radius 1 is 0.191 bits per heavy atom. The van der Waals surface area contributed by atoms with Crippen molar-refractivity contribution in [3.8, 4) is 11.5 Å². The zero-order chi connectivity index (χ0) is 55.7. The first kappa shape index (κ1) is 88.5. The molecule has 22 heteroatoms. The van der Waals surface area contributed by atoms with E-state index in [-0.39, 0.29) is 95.0 Å². The van der Waals surface area contributed by atoms with Crippen LogP contribution in [0.1, 0.15) is 22.3 Å². The van der Waals surface area contributed by atoms with Crippen LogP contribution in [0.5, 0.6) is 11.5 Å². The molecule has 0 N–H and O–H groups in total. The van der Waals surface area contributed by atoms with Gasteiger partial charge in [-0.2, -0.15) is 0 Å². The molecule has 0 aliphatic rings. The molecule has 0 atom stereocenters. The zero-order valence-corrected chi connectivity index (χ0v) is 71.8. The first-order valence-electron chi connectivity index (χ1n) is 24.6. The van der Waals surface area contributed by atoms with Gasteiger partial charge in [0.1, 0.15) is 0 Å². The van der Waals surface area contributed by atoms with E-state index in [1.165, 1.54) is 0 Å². The molecule has 0 radical (unpaired) electrons. The third-order valence-electron chi connectivity index (χ3n) is 6.51. The predicted octanol–water partition coefficient (Wildman–Crippen LogP) is 19.2. The number of nitrogens with zero attached hydrogens (tertiary/aromatic N) is 6. The Balaban J connectivity index is -0.000000103. The van der Waals surface area contributed by atoms with Crippen LogP contribution in [-0.4, -0.2) is 98.8 Å². The molecule has 0 heterocycles. The van der Waals surface area contributed by atoms with Crippen molar-refractivity contribution in [2.45, 2.75) is 263 Å². The van der Waals surface area contributed by atoms with Crippen molar-refractivity contribution in [3.63, 3.8) is 0 Å². The number of hydrogen-bond acceptors (Lipinski definition) is 2. The molecule has 0 saturated heterocycles. The summed E-state index contributed by atoms with van der Waals surface area (Å²) in [5.74, 6) is 0.00852. The van der Waals surface area contributed by atoms with Gasteiger partial charge in [0, 0.05) is 0 Å². The van der Waals surface area contributed by atoms with Crippen LogP contribution < -0.4 is 10.2 Å². The minimum Gasteiger partial charge on any atom is -0.872 e. The summed E-state index contributed by atoms with van der Waals surface area (Å²) in [6, 6.07) is 0. The van der Waals surface area contributed by atoms with Crippen LogP contribution in [-0.2, 0) is 0 Å². The van der Waals surface area contributed by atoms with Gasteiger partial charge in [-0.1, -0.05) is 357 Å². The average molecular weight is 1410 g/mol. The van der Waals surface area contributed by atoms with Gasteiger partial charge in [0.15, 0.2) is 0 Å². The van der Waals surface area contributed by atoms with Gasteiger partial charge in [-0.25, -0.2) is 0 Å². The first-order chi connectivity index (χ1) is 27.7. The van der Waals surface area contributed by atoms with Crippen molar-refractivity contribution in [3.05, 3.63) is 50.1 Å². The maximum absolute atomic E-state index is 11.4. The van der Waals surface area contributed by atoms with Crippen LogP contribution in [0.4, 0.5) is 0 Å². The summed E-state index contributed by atoms with van der Waals surface area (Å²) in [6.45, 7) is 89.5. The molecule has 1 aromatic carbocycles. The molecule has 0 aliphatic heterocycles. The molecule has 0 spiro atoms. The molecular formula is C46H120Ce2N6O2Si12. The third-order valence-corrected chi connectivity index (χ3v) is 38.7. The molecule has 0 unspecified atom stereocenters. The zero-order valence-electron chi connectivity index (χ0n) is 53.5. The second-order valence-corrected chi connectivity index (χ2v) is 87.3. The Labute approximate surface area is 510 Å². The summed E-state index contributed by atoms with van der Waals surface area (Å²) in [5, 5.41) is 22.8. The molecule has 8 nitrogen and oxygen atoms in total. The minimum absolute atomic E-state index is 0. The molecule has 0 amide bonds. The summed E-state index contributed by atoms with van der Waals surface area (Å²) >= 11 is 0. The fourth-order valence-corrected chi connectivity index (χ4v) is 55.6. The molecule has 68 heavy (non-hydrogen) atoms. The number of hydrogen-bond donors (Lipinski definition) is 0. The minimum atomic E-state index is -1.11. The average Bonchev–Trinajstić information content (AvgIpc) is 2.84. The van der Waals surface area contributed by atoms with E-state index in [1.54, 1.807) is 27.7 Å². The smallest absolute Gasteiger partial charge is 0.872 e. The van der Waals surface area contributed by atoms with E-state index in [2.05, 4.69) is 236 Å². The molecule has 0 saturated carbocycles. The molecule has 0 aliphatic carbocycles. The predicted molar refractivity (Wildman–Crippen MR) is 345 cm³/mol. The van der Waals surface area contributed by atoms with E-state index in [0.29, 0.717) is 22.3 Å². The summed E-state index contributed by atoms with van der Waals surface area (Å²) in [5.41, 5.74) is 2.34. The summed E-state index contributed by atoms with van der Waals surface area (Å²) < 4.78 is 28.9. The fourth-order valence-electron chi connectivity index (χ4n) is 7.28. The van der Waals surface area contributed by atoms with Crippen molar-refractivity contribution >= 4 is 98.8 Å². The third kappa shape index (κ3) is 81.3. The van der Waals surface area contributed by atoms with Gasteiger partial charge < -0.3 is 38.1 Å². The SMILES string of the molecule is C[Si](C)(C)[N-][Si](C)(C)C.C[Si](C)(C)[N-][Si](C)(C)C.C[Si](C)(C)[N-][Si](C)(C)C.C[Si](C)(C)[N-][Si](C)(C)C.C[Si](C)(C)[N-][Si](C)(C)C.C[Si](C)(C)[N-][Si](C)(C)C.Cc1c(C)c([O-])c(C)c(C)c1[O-].[Ce+4].[Ce+4]. The van der Waals surface area contributed by atoms with E-state index in [1.807, 2.05) is 0 Å². The van der Waals surface area contributed by atoms with Gasteiger partial charge >= 0.3 is 83.5 Å². The Morgan fingerprint density at radius 2 is 0.250 bits per heavy atom. The maximum Gasteiger partial charge on any atom is 4.00 e. The van der Waals surface area contributed by atoms with Crippen LogP contribution in [0.15, 0.2) is 0 Å². The van der Waals surface area contributed by atoms with Crippen molar-refractivity contribution in [2.75, 3.05) is 0 Å². The number of rotatable bonds is 12. The molecule has 402 valence electrons. The fraction of sp³-hybridized carbons (Fsp3) is 0.870.